The lowest BCUT2D eigenvalue weighted by atomic mass is 9.90. The zero-order chi connectivity index (χ0) is 22.3. The van der Waals surface area contributed by atoms with Gasteiger partial charge >= 0.3 is 6.09 Å². The lowest BCUT2D eigenvalue weighted by Gasteiger charge is -2.35. The van der Waals surface area contributed by atoms with Crippen molar-refractivity contribution < 1.29 is 18.7 Å². The Kier molecular flexibility index (Phi) is 7.69. The van der Waals surface area contributed by atoms with Gasteiger partial charge in [0.15, 0.2) is 0 Å². The van der Waals surface area contributed by atoms with Crippen LogP contribution in [0.5, 0.6) is 0 Å². The predicted octanol–water partition coefficient (Wildman–Crippen LogP) is 4.46. The predicted molar refractivity (Wildman–Crippen MR) is 119 cm³/mol. The summed E-state index contributed by atoms with van der Waals surface area (Å²) in [5.41, 5.74) is -0.159. The van der Waals surface area contributed by atoms with Gasteiger partial charge in [0, 0.05) is 30.3 Å². The summed E-state index contributed by atoms with van der Waals surface area (Å²) in [4.78, 5) is 24.9. The summed E-state index contributed by atoms with van der Waals surface area (Å²) in [6.45, 7) is 5.91. The molecule has 31 heavy (non-hydrogen) atoms. The monoisotopic (exact) mass is 448 g/mol. The first-order valence-electron chi connectivity index (χ1n) is 10.9. The molecule has 0 bridgehead atoms. The molecule has 2 aromatic heterocycles. The van der Waals surface area contributed by atoms with Gasteiger partial charge < -0.3 is 19.8 Å². The number of carbonyl (C=O) groups excluding carboxylic acids is 2. The third kappa shape index (κ3) is 7.34. The van der Waals surface area contributed by atoms with E-state index < -0.39 is 17.2 Å². The molecule has 0 radical (unpaired) electrons. The molecule has 0 aliphatic heterocycles. The molecule has 0 unspecified atom stereocenters. The van der Waals surface area contributed by atoms with Crippen LogP contribution in [0, 0.1) is 0 Å². The van der Waals surface area contributed by atoms with Crippen molar-refractivity contribution in [2.45, 2.75) is 83.3 Å². The van der Waals surface area contributed by atoms with Crippen LogP contribution in [0.25, 0.3) is 11.5 Å². The number of thiophene rings is 1. The molecule has 8 nitrogen and oxygen atoms in total. The van der Waals surface area contributed by atoms with Gasteiger partial charge in [-0.3, -0.25) is 4.79 Å². The van der Waals surface area contributed by atoms with Crippen LogP contribution in [0.15, 0.2) is 21.2 Å². The highest BCUT2D eigenvalue weighted by Crippen LogP contribution is 2.27. The molecular weight excluding hydrogens is 416 g/mol. The van der Waals surface area contributed by atoms with E-state index in [1.165, 1.54) is 0 Å². The fraction of sp³-hybridized carbons (Fsp3) is 0.636. The van der Waals surface area contributed by atoms with E-state index in [4.69, 9.17) is 9.15 Å². The van der Waals surface area contributed by atoms with Gasteiger partial charge in [0.05, 0.1) is 5.54 Å². The minimum absolute atomic E-state index is 0.107. The average Bonchev–Trinajstić information content (AvgIpc) is 3.33. The van der Waals surface area contributed by atoms with Crippen LogP contribution in [0.4, 0.5) is 4.79 Å². The second-order valence-corrected chi connectivity index (χ2v) is 9.89. The summed E-state index contributed by atoms with van der Waals surface area (Å²) < 4.78 is 11.1. The van der Waals surface area contributed by atoms with Gasteiger partial charge in [0.2, 0.25) is 17.7 Å². The first-order chi connectivity index (χ1) is 14.7. The van der Waals surface area contributed by atoms with E-state index in [2.05, 4.69) is 20.8 Å². The highest BCUT2D eigenvalue weighted by Gasteiger charge is 2.34. The van der Waals surface area contributed by atoms with Crippen molar-refractivity contribution in [1.82, 2.24) is 20.8 Å². The van der Waals surface area contributed by atoms with Crippen LogP contribution in [0.2, 0.25) is 0 Å². The molecule has 170 valence electrons. The molecule has 9 heteroatoms. The molecule has 1 saturated carbocycles. The summed E-state index contributed by atoms with van der Waals surface area (Å²) in [5.74, 6) is 0.799. The Labute approximate surface area is 187 Å². The van der Waals surface area contributed by atoms with Crippen molar-refractivity contribution in [3.63, 3.8) is 0 Å². The third-order valence-electron chi connectivity index (χ3n) is 5.25. The van der Waals surface area contributed by atoms with Gasteiger partial charge in [-0.2, -0.15) is 11.3 Å². The highest BCUT2D eigenvalue weighted by molar-refractivity contribution is 7.08. The maximum Gasteiger partial charge on any atom is 0.408 e. The molecule has 1 aliphatic rings. The molecule has 2 amide bonds. The van der Waals surface area contributed by atoms with E-state index in [0.717, 1.165) is 44.1 Å². The summed E-state index contributed by atoms with van der Waals surface area (Å²) in [7, 11) is 0. The molecule has 1 fully saturated rings. The van der Waals surface area contributed by atoms with E-state index in [-0.39, 0.29) is 12.3 Å². The highest BCUT2D eigenvalue weighted by atomic mass is 32.1. The smallest absolute Gasteiger partial charge is 0.408 e. The zero-order valence-corrected chi connectivity index (χ0v) is 19.3. The van der Waals surface area contributed by atoms with Gasteiger partial charge in [-0.1, -0.05) is 25.7 Å². The van der Waals surface area contributed by atoms with Crippen molar-refractivity contribution in [2.75, 3.05) is 6.54 Å². The Bertz CT molecular complexity index is 849. The lowest BCUT2D eigenvalue weighted by Crippen LogP contribution is -2.56. The molecule has 3 rings (SSSR count). The molecule has 0 aromatic carbocycles. The second kappa shape index (κ2) is 10.3. The fourth-order valence-electron chi connectivity index (χ4n) is 3.71. The molecule has 0 atom stereocenters. The number of hydrogen-bond acceptors (Lipinski definition) is 7. The number of carbonyl (C=O) groups is 2. The SMILES string of the molecule is CC(C)(C)OC(=O)NC1(CNC(=O)CCc2nnc(-c3ccsc3)o2)CCCCCC1. The van der Waals surface area contributed by atoms with Gasteiger partial charge in [-0.15, -0.1) is 10.2 Å². The maximum atomic E-state index is 12.5. The molecular formula is C22H32N4O4S. The van der Waals surface area contributed by atoms with Crippen LogP contribution in [0.1, 0.15) is 71.6 Å². The van der Waals surface area contributed by atoms with Gasteiger partial charge in [-0.25, -0.2) is 4.79 Å². The number of ether oxygens (including phenoxy) is 1. The number of hydrogen-bond donors (Lipinski definition) is 2. The average molecular weight is 449 g/mol. The fourth-order valence-corrected chi connectivity index (χ4v) is 4.34. The van der Waals surface area contributed by atoms with Gasteiger partial charge in [-0.05, 0) is 45.1 Å². The molecule has 2 heterocycles. The lowest BCUT2D eigenvalue weighted by molar-refractivity contribution is -0.121. The zero-order valence-electron chi connectivity index (χ0n) is 18.5. The summed E-state index contributed by atoms with van der Waals surface area (Å²) in [5, 5.41) is 18.0. The first kappa shape index (κ1) is 23.2. The molecule has 2 aromatic rings. The number of amides is 2. The summed E-state index contributed by atoms with van der Waals surface area (Å²) >= 11 is 1.56. The Hall–Kier alpha value is -2.42. The van der Waals surface area contributed by atoms with E-state index in [9.17, 15) is 9.59 Å². The normalized spacial score (nSPS) is 16.4. The van der Waals surface area contributed by atoms with Crippen molar-refractivity contribution in [3.05, 3.63) is 22.7 Å². The van der Waals surface area contributed by atoms with Crippen LogP contribution in [-0.2, 0) is 16.0 Å². The molecule has 0 spiro atoms. The van der Waals surface area contributed by atoms with Crippen LogP contribution >= 0.6 is 11.3 Å². The first-order valence-corrected chi connectivity index (χ1v) is 11.8. The minimum Gasteiger partial charge on any atom is -0.444 e. The second-order valence-electron chi connectivity index (χ2n) is 9.11. The van der Waals surface area contributed by atoms with Gasteiger partial charge in [0.1, 0.15) is 5.60 Å². The summed E-state index contributed by atoms with van der Waals surface area (Å²) in [6.07, 6.45) is 6.11. The standard InChI is InChI=1S/C22H32N4O4S/c1-21(2,3)30-20(28)24-22(11-6-4-5-7-12-22)15-23-17(27)8-9-18-25-26-19(29-18)16-10-13-31-14-16/h10,13-14H,4-9,11-12,15H2,1-3H3,(H,23,27)(H,24,28). The molecule has 1 aliphatic carbocycles. The quantitative estimate of drug-likeness (QED) is 0.606. The molecule has 0 saturated heterocycles. The van der Waals surface area contributed by atoms with Crippen LogP contribution in [-0.4, -0.2) is 39.9 Å². The largest absolute Gasteiger partial charge is 0.444 e. The number of alkyl carbamates (subject to hydrolysis) is 1. The maximum absolute atomic E-state index is 12.5. The Morgan fingerprint density at radius 1 is 1.19 bits per heavy atom. The number of aryl methyl sites for hydroxylation is 1. The Morgan fingerprint density at radius 3 is 2.58 bits per heavy atom. The van der Waals surface area contributed by atoms with Crippen molar-refractivity contribution in [3.8, 4) is 11.5 Å². The van der Waals surface area contributed by atoms with Crippen molar-refractivity contribution >= 4 is 23.3 Å². The number of rotatable bonds is 7. The van der Waals surface area contributed by atoms with Crippen LogP contribution in [0.3, 0.4) is 0 Å². The Balaban J connectivity index is 1.52. The Morgan fingerprint density at radius 2 is 1.94 bits per heavy atom. The minimum atomic E-state index is -0.564. The number of aromatic nitrogens is 2. The van der Waals surface area contributed by atoms with Crippen molar-refractivity contribution in [1.29, 1.82) is 0 Å². The van der Waals surface area contributed by atoms with Gasteiger partial charge in [0.25, 0.3) is 0 Å². The third-order valence-corrected chi connectivity index (χ3v) is 5.93. The summed E-state index contributed by atoms with van der Waals surface area (Å²) in [6, 6.07) is 1.92. The van der Waals surface area contributed by atoms with E-state index in [0.29, 0.717) is 24.7 Å². The van der Waals surface area contributed by atoms with E-state index in [1.54, 1.807) is 11.3 Å². The molecule has 2 N–H and O–H groups in total. The topological polar surface area (TPSA) is 106 Å². The van der Waals surface area contributed by atoms with Crippen molar-refractivity contribution in [2.24, 2.45) is 0 Å². The van der Waals surface area contributed by atoms with Crippen LogP contribution < -0.4 is 10.6 Å². The number of nitrogens with zero attached hydrogens (tertiary/aromatic N) is 2. The van der Waals surface area contributed by atoms with E-state index in [1.807, 2.05) is 37.6 Å². The van der Waals surface area contributed by atoms with E-state index >= 15 is 0 Å². The number of nitrogens with one attached hydrogen (secondary N) is 2.